The largest absolute Gasteiger partial charge is 0.344 e. The van der Waals surface area contributed by atoms with Gasteiger partial charge in [-0.05, 0) is 13.3 Å². The summed E-state index contributed by atoms with van der Waals surface area (Å²) in [4.78, 5) is 13.3. The summed E-state index contributed by atoms with van der Waals surface area (Å²) in [5, 5.41) is 8.38. The van der Waals surface area contributed by atoms with Crippen LogP contribution in [0.1, 0.15) is 19.8 Å². The molecule has 0 aromatic rings. The molecule has 1 saturated carbocycles. The normalized spacial score (nSPS) is 27.9. The number of hydrogen-bond donors (Lipinski definition) is 0. The van der Waals surface area contributed by atoms with Gasteiger partial charge in [0, 0.05) is 13.6 Å². The SMILES string of the molecule is CN(CCC#N)C(=O)C1(C)CC1(Cl)Cl. The molecule has 0 radical (unpaired) electrons. The van der Waals surface area contributed by atoms with Crippen LogP contribution >= 0.6 is 23.2 Å². The van der Waals surface area contributed by atoms with Crippen molar-refractivity contribution in [3.05, 3.63) is 0 Å². The number of rotatable bonds is 3. The number of carbonyl (C=O) groups is 1. The fourth-order valence-corrected chi connectivity index (χ4v) is 2.07. The molecule has 0 aromatic heterocycles. The lowest BCUT2D eigenvalue weighted by Gasteiger charge is -2.20. The van der Waals surface area contributed by atoms with Crippen LogP contribution in [0.5, 0.6) is 0 Å². The zero-order valence-electron chi connectivity index (χ0n) is 8.18. The van der Waals surface area contributed by atoms with E-state index in [1.54, 1.807) is 14.0 Å². The molecule has 1 aliphatic carbocycles. The van der Waals surface area contributed by atoms with E-state index in [1.165, 1.54) is 4.90 Å². The molecular formula is C9H12Cl2N2O. The van der Waals surface area contributed by atoms with Gasteiger partial charge in [-0.15, -0.1) is 23.2 Å². The molecule has 0 N–H and O–H groups in total. The summed E-state index contributed by atoms with van der Waals surface area (Å²) >= 11 is 11.7. The monoisotopic (exact) mass is 234 g/mol. The lowest BCUT2D eigenvalue weighted by atomic mass is 10.1. The molecule has 0 heterocycles. The molecule has 1 aliphatic rings. The molecule has 1 fully saturated rings. The smallest absolute Gasteiger partial charge is 0.231 e. The fourth-order valence-electron chi connectivity index (χ4n) is 1.37. The molecule has 1 rings (SSSR count). The lowest BCUT2D eigenvalue weighted by Crippen LogP contribution is -2.35. The summed E-state index contributed by atoms with van der Waals surface area (Å²) in [7, 11) is 1.66. The van der Waals surface area contributed by atoms with E-state index in [-0.39, 0.29) is 5.91 Å². The molecule has 0 aliphatic heterocycles. The van der Waals surface area contributed by atoms with E-state index >= 15 is 0 Å². The Hall–Kier alpha value is -0.460. The second kappa shape index (κ2) is 3.60. The third-order valence-corrected chi connectivity index (χ3v) is 3.74. The van der Waals surface area contributed by atoms with Crippen molar-refractivity contribution in [1.82, 2.24) is 4.90 Å². The second-order valence-electron chi connectivity index (χ2n) is 3.85. The van der Waals surface area contributed by atoms with Gasteiger partial charge in [-0.3, -0.25) is 4.79 Å². The minimum absolute atomic E-state index is 0.0854. The highest BCUT2D eigenvalue weighted by molar-refractivity contribution is 6.53. The van der Waals surface area contributed by atoms with Crippen molar-refractivity contribution >= 4 is 29.1 Å². The second-order valence-corrected chi connectivity index (χ2v) is 5.33. The number of nitrogens with zero attached hydrogens (tertiary/aromatic N) is 2. The van der Waals surface area contributed by atoms with E-state index in [0.29, 0.717) is 19.4 Å². The number of alkyl halides is 2. The number of amides is 1. The minimum Gasteiger partial charge on any atom is -0.344 e. The van der Waals surface area contributed by atoms with Gasteiger partial charge < -0.3 is 4.90 Å². The highest BCUT2D eigenvalue weighted by atomic mass is 35.5. The first-order valence-electron chi connectivity index (χ1n) is 4.35. The summed E-state index contributed by atoms with van der Waals surface area (Å²) < 4.78 is -0.926. The van der Waals surface area contributed by atoms with Crippen LogP contribution in [0.15, 0.2) is 0 Å². The van der Waals surface area contributed by atoms with Crippen molar-refractivity contribution in [2.45, 2.75) is 24.1 Å². The number of hydrogen-bond acceptors (Lipinski definition) is 2. The van der Waals surface area contributed by atoms with Gasteiger partial charge in [-0.25, -0.2) is 0 Å². The van der Waals surface area contributed by atoms with E-state index in [2.05, 4.69) is 0 Å². The zero-order valence-corrected chi connectivity index (χ0v) is 9.69. The van der Waals surface area contributed by atoms with E-state index in [9.17, 15) is 4.79 Å². The maximum atomic E-state index is 11.8. The van der Waals surface area contributed by atoms with Gasteiger partial charge in [0.2, 0.25) is 5.91 Å². The maximum Gasteiger partial charge on any atom is 0.231 e. The Morgan fingerprint density at radius 3 is 2.50 bits per heavy atom. The standard InChI is InChI=1S/C9H12Cl2N2O/c1-8(6-9(8,10)11)7(14)13(2)5-3-4-12/h3,5-6H2,1-2H3. The Morgan fingerprint density at radius 2 is 2.14 bits per heavy atom. The molecule has 1 atom stereocenters. The molecule has 78 valence electrons. The van der Waals surface area contributed by atoms with Crippen LogP contribution < -0.4 is 0 Å². The van der Waals surface area contributed by atoms with E-state index in [0.717, 1.165) is 0 Å². The van der Waals surface area contributed by atoms with Crippen LogP contribution in [0.4, 0.5) is 0 Å². The van der Waals surface area contributed by atoms with Gasteiger partial charge in [-0.1, -0.05) is 0 Å². The lowest BCUT2D eigenvalue weighted by molar-refractivity contribution is -0.135. The Labute approximate surface area is 93.6 Å². The first kappa shape index (κ1) is 11.6. The van der Waals surface area contributed by atoms with Crippen molar-refractivity contribution in [2.24, 2.45) is 5.41 Å². The number of halogens is 2. The van der Waals surface area contributed by atoms with Crippen LogP contribution in [0, 0.1) is 16.7 Å². The molecule has 14 heavy (non-hydrogen) atoms. The zero-order chi connectivity index (χ0) is 11.0. The quantitative estimate of drug-likeness (QED) is 0.701. The van der Waals surface area contributed by atoms with Gasteiger partial charge in [0.1, 0.15) is 4.33 Å². The van der Waals surface area contributed by atoms with Gasteiger partial charge in [-0.2, -0.15) is 5.26 Å². The number of nitriles is 1. The minimum atomic E-state index is -0.926. The summed E-state index contributed by atoms with van der Waals surface area (Å²) in [6.07, 6.45) is 0.814. The topological polar surface area (TPSA) is 44.1 Å². The van der Waals surface area contributed by atoms with Crippen molar-refractivity contribution in [1.29, 1.82) is 5.26 Å². The first-order valence-corrected chi connectivity index (χ1v) is 5.11. The maximum absolute atomic E-state index is 11.8. The third-order valence-electron chi connectivity index (χ3n) is 2.64. The van der Waals surface area contributed by atoms with E-state index in [1.807, 2.05) is 6.07 Å². The Kier molecular flexibility index (Phi) is 2.99. The van der Waals surface area contributed by atoms with E-state index in [4.69, 9.17) is 28.5 Å². The third kappa shape index (κ3) is 1.82. The Balaban J connectivity index is 2.56. The average molecular weight is 235 g/mol. The van der Waals surface area contributed by atoms with Crippen LogP contribution in [-0.2, 0) is 4.79 Å². The van der Waals surface area contributed by atoms with Crippen LogP contribution in [0.2, 0.25) is 0 Å². The van der Waals surface area contributed by atoms with Crippen LogP contribution in [0.3, 0.4) is 0 Å². The van der Waals surface area contributed by atoms with Gasteiger partial charge in [0.25, 0.3) is 0 Å². The molecule has 0 spiro atoms. The van der Waals surface area contributed by atoms with Crippen molar-refractivity contribution in [3.63, 3.8) is 0 Å². The summed E-state index contributed by atoms with van der Waals surface area (Å²) in [5.74, 6) is -0.0854. The number of carbonyl (C=O) groups excluding carboxylic acids is 1. The molecule has 3 nitrogen and oxygen atoms in total. The molecule has 0 aromatic carbocycles. The molecule has 5 heteroatoms. The predicted molar refractivity (Wildman–Crippen MR) is 55.0 cm³/mol. The molecule has 1 unspecified atom stereocenters. The van der Waals surface area contributed by atoms with E-state index < -0.39 is 9.75 Å². The van der Waals surface area contributed by atoms with Gasteiger partial charge >= 0.3 is 0 Å². The van der Waals surface area contributed by atoms with Crippen molar-refractivity contribution in [3.8, 4) is 6.07 Å². The van der Waals surface area contributed by atoms with Crippen molar-refractivity contribution in [2.75, 3.05) is 13.6 Å². The molecular weight excluding hydrogens is 223 g/mol. The van der Waals surface area contributed by atoms with Gasteiger partial charge in [0.15, 0.2) is 0 Å². The summed E-state index contributed by atoms with van der Waals surface area (Å²) in [6, 6.07) is 1.99. The highest BCUT2D eigenvalue weighted by Gasteiger charge is 2.68. The molecule has 0 saturated heterocycles. The van der Waals surface area contributed by atoms with Crippen LogP contribution in [0.25, 0.3) is 0 Å². The fraction of sp³-hybridized carbons (Fsp3) is 0.778. The summed E-state index contributed by atoms with van der Waals surface area (Å²) in [5.41, 5.74) is -0.666. The highest BCUT2D eigenvalue weighted by Crippen LogP contribution is 2.64. The Bertz CT molecular complexity index is 298. The summed E-state index contributed by atoms with van der Waals surface area (Å²) in [6.45, 7) is 2.17. The Morgan fingerprint density at radius 1 is 1.64 bits per heavy atom. The predicted octanol–water partition coefficient (Wildman–Crippen LogP) is 1.94. The molecule has 1 amide bonds. The average Bonchev–Trinajstić information content (AvgIpc) is 2.62. The molecule has 0 bridgehead atoms. The van der Waals surface area contributed by atoms with Crippen molar-refractivity contribution < 1.29 is 4.79 Å². The first-order chi connectivity index (χ1) is 6.35. The van der Waals surface area contributed by atoms with Crippen LogP contribution in [-0.4, -0.2) is 28.7 Å². The van der Waals surface area contributed by atoms with Gasteiger partial charge in [0.05, 0.1) is 17.9 Å².